The molecule has 180 valence electrons. The number of hydrogen-bond acceptors (Lipinski definition) is 8. The quantitative estimate of drug-likeness (QED) is 0.412. The lowest BCUT2D eigenvalue weighted by Gasteiger charge is -2.34. The van der Waals surface area contributed by atoms with Crippen LogP contribution in [-0.4, -0.2) is 64.2 Å². The standard InChI is InChI=1S/C24H32N8OS/c1-5-6-21(33)25-18-7-9-19(10-8-18)34-24-27-22(26-20-15-16(2)29-30-20)17(3)23(28-24)32-13-11-31(4)12-14-32/h7-10,15H,5-6,11-14H2,1-4H3,(H,25,33)(H2,26,27,28,29,30). The van der Waals surface area contributed by atoms with Crippen LogP contribution in [0.2, 0.25) is 0 Å². The Kier molecular flexibility index (Phi) is 7.69. The predicted octanol–water partition coefficient (Wildman–Crippen LogP) is 4.20. The van der Waals surface area contributed by atoms with E-state index in [-0.39, 0.29) is 5.91 Å². The monoisotopic (exact) mass is 480 g/mol. The van der Waals surface area contributed by atoms with Crippen LogP contribution < -0.4 is 15.5 Å². The van der Waals surface area contributed by atoms with Crippen molar-refractivity contribution in [3.8, 4) is 0 Å². The average Bonchev–Trinajstić information content (AvgIpc) is 3.22. The zero-order chi connectivity index (χ0) is 24.1. The first-order valence-electron chi connectivity index (χ1n) is 11.6. The third-order valence-electron chi connectivity index (χ3n) is 5.68. The Balaban J connectivity index is 1.58. The smallest absolute Gasteiger partial charge is 0.224 e. The molecule has 0 saturated carbocycles. The first kappa shape index (κ1) is 24.0. The Morgan fingerprint density at radius 1 is 1.12 bits per heavy atom. The topological polar surface area (TPSA) is 102 Å². The van der Waals surface area contributed by atoms with Crippen molar-refractivity contribution < 1.29 is 4.79 Å². The van der Waals surface area contributed by atoms with Gasteiger partial charge in [0, 0.05) is 60.5 Å². The van der Waals surface area contributed by atoms with Gasteiger partial charge in [0.1, 0.15) is 11.6 Å². The third-order valence-corrected chi connectivity index (χ3v) is 6.55. The number of carbonyl (C=O) groups excluding carboxylic acids is 1. The molecule has 1 aromatic carbocycles. The molecule has 2 aromatic heterocycles. The van der Waals surface area contributed by atoms with Gasteiger partial charge in [0.2, 0.25) is 5.91 Å². The van der Waals surface area contributed by atoms with Gasteiger partial charge >= 0.3 is 0 Å². The fraction of sp³-hybridized carbons (Fsp3) is 0.417. The molecular formula is C24H32N8OS. The van der Waals surface area contributed by atoms with Gasteiger partial charge in [0.15, 0.2) is 11.0 Å². The number of anilines is 4. The number of aromatic nitrogens is 4. The Labute approximate surface area is 204 Å². The molecule has 0 aliphatic carbocycles. The van der Waals surface area contributed by atoms with Gasteiger partial charge < -0.3 is 20.4 Å². The van der Waals surface area contributed by atoms with Gasteiger partial charge in [0.05, 0.1) is 0 Å². The number of benzene rings is 1. The van der Waals surface area contributed by atoms with Gasteiger partial charge in [-0.25, -0.2) is 9.97 Å². The molecule has 0 atom stereocenters. The van der Waals surface area contributed by atoms with E-state index in [1.165, 1.54) is 11.8 Å². The summed E-state index contributed by atoms with van der Waals surface area (Å²) in [5.41, 5.74) is 2.78. The summed E-state index contributed by atoms with van der Waals surface area (Å²) in [4.78, 5) is 27.3. The second-order valence-electron chi connectivity index (χ2n) is 8.58. The van der Waals surface area contributed by atoms with E-state index in [0.717, 1.165) is 71.9 Å². The van der Waals surface area contributed by atoms with Crippen molar-refractivity contribution in [1.29, 1.82) is 0 Å². The molecule has 0 radical (unpaired) electrons. The summed E-state index contributed by atoms with van der Waals surface area (Å²) in [6.07, 6.45) is 1.35. The normalized spacial score (nSPS) is 14.3. The maximum atomic E-state index is 11.9. The molecule has 0 unspecified atom stereocenters. The van der Waals surface area contributed by atoms with E-state index >= 15 is 0 Å². The van der Waals surface area contributed by atoms with Gasteiger partial charge in [-0.3, -0.25) is 9.89 Å². The first-order valence-corrected chi connectivity index (χ1v) is 12.4. The molecule has 0 bridgehead atoms. The van der Waals surface area contributed by atoms with Gasteiger partial charge in [-0.05, 0) is 63.3 Å². The number of carbonyl (C=O) groups is 1. The zero-order valence-corrected chi connectivity index (χ0v) is 21.0. The number of nitrogens with zero attached hydrogens (tertiary/aromatic N) is 5. The van der Waals surface area contributed by atoms with Crippen molar-refractivity contribution in [2.75, 3.05) is 48.8 Å². The number of likely N-dealkylation sites (N-methyl/N-ethyl adjacent to an activating group) is 1. The summed E-state index contributed by atoms with van der Waals surface area (Å²) in [6, 6.07) is 9.74. The minimum atomic E-state index is 0.0332. The number of rotatable bonds is 8. The second kappa shape index (κ2) is 10.9. The van der Waals surface area contributed by atoms with Crippen molar-refractivity contribution in [3.63, 3.8) is 0 Å². The van der Waals surface area contributed by atoms with Gasteiger partial charge in [-0.1, -0.05) is 6.92 Å². The first-order chi connectivity index (χ1) is 16.4. The van der Waals surface area contributed by atoms with Crippen molar-refractivity contribution in [2.45, 2.75) is 43.7 Å². The maximum Gasteiger partial charge on any atom is 0.224 e. The molecule has 1 aliphatic rings. The SMILES string of the molecule is CCCC(=O)Nc1ccc(Sc2nc(Nc3cc(C)[nH]n3)c(C)c(N3CCN(C)CC3)n2)cc1. The lowest BCUT2D eigenvalue weighted by molar-refractivity contribution is -0.116. The Morgan fingerprint density at radius 3 is 2.50 bits per heavy atom. The van der Waals surface area contributed by atoms with E-state index in [1.54, 1.807) is 0 Å². The molecule has 1 aliphatic heterocycles. The summed E-state index contributed by atoms with van der Waals surface area (Å²) in [6.45, 7) is 9.86. The van der Waals surface area contributed by atoms with Crippen molar-refractivity contribution in [2.24, 2.45) is 0 Å². The van der Waals surface area contributed by atoms with E-state index in [1.807, 2.05) is 44.2 Å². The lowest BCUT2D eigenvalue weighted by Crippen LogP contribution is -2.45. The van der Waals surface area contributed by atoms with Crippen LogP contribution in [0.5, 0.6) is 0 Å². The van der Waals surface area contributed by atoms with E-state index in [2.05, 4.69) is 44.6 Å². The number of hydrogen-bond donors (Lipinski definition) is 3. The molecule has 3 N–H and O–H groups in total. The molecule has 4 rings (SSSR count). The number of amides is 1. The Bertz CT molecular complexity index is 1120. The number of nitrogens with one attached hydrogen (secondary N) is 3. The molecular weight excluding hydrogens is 448 g/mol. The van der Waals surface area contributed by atoms with Crippen LogP contribution in [0.4, 0.5) is 23.1 Å². The highest BCUT2D eigenvalue weighted by atomic mass is 32.2. The second-order valence-corrected chi connectivity index (χ2v) is 9.62. The fourth-order valence-electron chi connectivity index (χ4n) is 3.74. The fourth-order valence-corrected chi connectivity index (χ4v) is 4.50. The average molecular weight is 481 g/mol. The minimum Gasteiger partial charge on any atom is -0.354 e. The van der Waals surface area contributed by atoms with Crippen LogP contribution in [0.25, 0.3) is 0 Å². The Hall–Kier alpha value is -3.11. The Morgan fingerprint density at radius 2 is 1.85 bits per heavy atom. The highest BCUT2D eigenvalue weighted by Gasteiger charge is 2.21. The van der Waals surface area contributed by atoms with Crippen LogP contribution >= 0.6 is 11.8 Å². The van der Waals surface area contributed by atoms with Gasteiger partial charge in [-0.15, -0.1) is 0 Å². The summed E-state index contributed by atoms with van der Waals surface area (Å²) in [5.74, 6) is 2.46. The van der Waals surface area contributed by atoms with Crippen LogP contribution in [0.3, 0.4) is 0 Å². The summed E-state index contributed by atoms with van der Waals surface area (Å²) >= 11 is 1.50. The van der Waals surface area contributed by atoms with E-state index < -0.39 is 0 Å². The van der Waals surface area contributed by atoms with Crippen molar-refractivity contribution >= 4 is 40.8 Å². The number of aromatic amines is 1. The van der Waals surface area contributed by atoms with Crippen molar-refractivity contribution in [1.82, 2.24) is 25.1 Å². The van der Waals surface area contributed by atoms with Crippen LogP contribution in [0, 0.1) is 13.8 Å². The molecule has 3 aromatic rings. The molecule has 34 heavy (non-hydrogen) atoms. The van der Waals surface area contributed by atoms with E-state index in [0.29, 0.717) is 11.6 Å². The minimum absolute atomic E-state index is 0.0332. The summed E-state index contributed by atoms with van der Waals surface area (Å²) in [7, 11) is 2.15. The van der Waals surface area contributed by atoms with Gasteiger partial charge in [0.25, 0.3) is 0 Å². The molecule has 10 heteroatoms. The lowest BCUT2D eigenvalue weighted by atomic mass is 10.2. The van der Waals surface area contributed by atoms with Crippen molar-refractivity contribution in [3.05, 3.63) is 41.6 Å². The molecule has 1 amide bonds. The van der Waals surface area contributed by atoms with Crippen LogP contribution in [0.15, 0.2) is 40.4 Å². The highest BCUT2D eigenvalue weighted by molar-refractivity contribution is 7.99. The largest absolute Gasteiger partial charge is 0.354 e. The number of piperazine rings is 1. The maximum absolute atomic E-state index is 11.9. The van der Waals surface area contributed by atoms with Crippen LogP contribution in [-0.2, 0) is 4.79 Å². The number of aryl methyl sites for hydroxylation is 1. The summed E-state index contributed by atoms with van der Waals surface area (Å²) < 4.78 is 0. The zero-order valence-electron chi connectivity index (χ0n) is 20.2. The van der Waals surface area contributed by atoms with Gasteiger partial charge in [-0.2, -0.15) is 5.10 Å². The molecule has 1 saturated heterocycles. The molecule has 9 nitrogen and oxygen atoms in total. The molecule has 3 heterocycles. The third kappa shape index (κ3) is 6.06. The van der Waals surface area contributed by atoms with E-state index in [4.69, 9.17) is 9.97 Å². The van der Waals surface area contributed by atoms with E-state index in [9.17, 15) is 4.79 Å². The number of H-pyrrole nitrogens is 1. The predicted molar refractivity (Wildman–Crippen MR) is 137 cm³/mol. The highest BCUT2D eigenvalue weighted by Crippen LogP contribution is 2.33. The molecule has 1 fully saturated rings. The van der Waals surface area contributed by atoms with Crippen LogP contribution in [0.1, 0.15) is 31.0 Å². The summed E-state index contributed by atoms with van der Waals surface area (Å²) in [5, 5.41) is 14.2. The molecule has 0 spiro atoms.